The van der Waals surface area contributed by atoms with E-state index in [9.17, 15) is 4.79 Å². The molecule has 4 heteroatoms. The first-order valence-electron chi connectivity index (χ1n) is 4.68. The van der Waals surface area contributed by atoms with Crippen LogP contribution < -0.4 is 4.74 Å². The average molecular weight is 209 g/mol. The van der Waals surface area contributed by atoms with Gasteiger partial charge in [0.15, 0.2) is 6.10 Å². The molecule has 4 nitrogen and oxygen atoms in total. The summed E-state index contributed by atoms with van der Waals surface area (Å²) in [6, 6.07) is 9.20. The second-order valence-corrected chi connectivity index (χ2v) is 3.09. The van der Waals surface area contributed by atoms with E-state index in [4.69, 9.17) is 9.57 Å². The minimum Gasteiger partial charge on any atom is -0.481 e. The van der Waals surface area contributed by atoms with Crippen LogP contribution in [0, 0.1) is 0 Å². The van der Waals surface area contributed by atoms with Gasteiger partial charge in [-0.1, -0.05) is 18.2 Å². The number of nitrogens with zero attached hydrogens (tertiary/aromatic N) is 1. The first-order valence-corrected chi connectivity index (χ1v) is 4.68. The third kappa shape index (κ3) is 3.25. The molecule has 0 fully saturated rings. The van der Waals surface area contributed by atoms with Crippen LogP contribution in [0.2, 0.25) is 0 Å². The molecule has 0 unspecified atom stereocenters. The highest BCUT2D eigenvalue weighted by Crippen LogP contribution is 2.11. The maximum atomic E-state index is 11.6. The van der Waals surface area contributed by atoms with Crippen molar-refractivity contribution >= 4 is 5.91 Å². The van der Waals surface area contributed by atoms with Crippen LogP contribution in [0.4, 0.5) is 0 Å². The zero-order valence-electron chi connectivity index (χ0n) is 9.14. The Bertz CT molecular complexity index is 313. The fourth-order valence-electron chi connectivity index (χ4n) is 1.10. The molecule has 0 bridgehead atoms. The number of benzene rings is 1. The van der Waals surface area contributed by atoms with E-state index in [-0.39, 0.29) is 5.91 Å². The highest BCUT2D eigenvalue weighted by molar-refractivity contribution is 5.79. The highest BCUT2D eigenvalue weighted by Gasteiger charge is 2.18. The molecular formula is C11H15NO3. The summed E-state index contributed by atoms with van der Waals surface area (Å²) in [6.07, 6.45) is -0.558. The van der Waals surface area contributed by atoms with Crippen LogP contribution in [0.5, 0.6) is 5.75 Å². The monoisotopic (exact) mass is 209 g/mol. The molecule has 82 valence electrons. The van der Waals surface area contributed by atoms with Crippen molar-refractivity contribution in [1.82, 2.24) is 5.06 Å². The first-order chi connectivity index (χ1) is 7.15. The number of hydrogen-bond acceptors (Lipinski definition) is 3. The predicted molar refractivity (Wildman–Crippen MR) is 56.3 cm³/mol. The van der Waals surface area contributed by atoms with Gasteiger partial charge in [0.05, 0.1) is 7.11 Å². The van der Waals surface area contributed by atoms with Crippen LogP contribution in [0.15, 0.2) is 30.3 Å². The SMILES string of the molecule is CON(C)C(=O)[C@@H](C)Oc1ccccc1. The van der Waals surface area contributed by atoms with Gasteiger partial charge in [-0.05, 0) is 19.1 Å². The van der Waals surface area contributed by atoms with Crippen LogP contribution in [-0.4, -0.2) is 31.2 Å². The highest BCUT2D eigenvalue weighted by atomic mass is 16.7. The fourth-order valence-corrected chi connectivity index (χ4v) is 1.10. The Labute approximate surface area is 89.4 Å². The number of carbonyl (C=O) groups is 1. The zero-order chi connectivity index (χ0) is 11.3. The lowest BCUT2D eigenvalue weighted by Gasteiger charge is -2.19. The minimum atomic E-state index is -0.558. The number of ether oxygens (including phenoxy) is 1. The van der Waals surface area contributed by atoms with Crippen molar-refractivity contribution in [3.8, 4) is 5.75 Å². The standard InChI is InChI=1S/C11H15NO3/c1-9(11(13)12(2)14-3)15-10-7-5-4-6-8-10/h4-9H,1-3H3/t9-/m1/s1. The molecule has 1 rings (SSSR count). The largest absolute Gasteiger partial charge is 0.481 e. The maximum absolute atomic E-state index is 11.6. The molecular weight excluding hydrogens is 194 g/mol. The molecule has 0 aromatic heterocycles. The van der Waals surface area contributed by atoms with Crippen molar-refractivity contribution in [2.45, 2.75) is 13.0 Å². The molecule has 0 spiro atoms. The quantitative estimate of drug-likeness (QED) is 0.705. The fraction of sp³-hybridized carbons (Fsp3) is 0.364. The Morgan fingerprint density at radius 1 is 1.33 bits per heavy atom. The van der Waals surface area contributed by atoms with E-state index in [1.54, 1.807) is 26.1 Å². The van der Waals surface area contributed by atoms with Gasteiger partial charge >= 0.3 is 0 Å². The Morgan fingerprint density at radius 3 is 2.47 bits per heavy atom. The number of likely N-dealkylation sites (N-methyl/N-ethyl adjacent to an activating group) is 1. The first kappa shape index (κ1) is 11.5. The number of rotatable bonds is 4. The Morgan fingerprint density at radius 2 is 1.93 bits per heavy atom. The Hall–Kier alpha value is -1.55. The molecule has 0 heterocycles. The van der Waals surface area contributed by atoms with Gasteiger partial charge in [0.1, 0.15) is 5.75 Å². The van der Waals surface area contributed by atoms with E-state index >= 15 is 0 Å². The van der Waals surface area contributed by atoms with E-state index < -0.39 is 6.10 Å². The van der Waals surface area contributed by atoms with Crippen molar-refractivity contribution in [2.24, 2.45) is 0 Å². The van der Waals surface area contributed by atoms with Gasteiger partial charge in [0, 0.05) is 7.05 Å². The van der Waals surface area contributed by atoms with Crippen LogP contribution in [0.25, 0.3) is 0 Å². The second-order valence-electron chi connectivity index (χ2n) is 3.09. The molecule has 0 saturated carbocycles. The van der Waals surface area contributed by atoms with E-state index in [2.05, 4.69) is 0 Å². The van der Waals surface area contributed by atoms with Crippen LogP contribution in [0.3, 0.4) is 0 Å². The van der Waals surface area contributed by atoms with Crippen molar-refractivity contribution in [2.75, 3.05) is 14.2 Å². The van der Waals surface area contributed by atoms with Gasteiger partial charge in [0.2, 0.25) is 0 Å². The van der Waals surface area contributed by atoms with Gasteiger partial charge in [0.25, 0.3) is 5.91 Å². The van der Waals surface area contributed by atoms with Crippen LogP contribution in [-0.2, 0) is 9.63 Å². The van der Waals surface area contributed by atoms with Crippen molar-refractivity contribution in [3.05, 3.63) is 30.3 Å². The van der Waals surface area contributed by atoms with Gasteiger partial charge in [-0.2, -0.15) is 0 Å². The molecule has 0 aliphatic heterocycles. The summed E-state index contributed by atoms with van der Waals surface area (Å²) in [4.78, 5) is 16.3. The minimum absolute atomic E-state index is 0.221. The molecule has 0 aliphatic carbocycles. The summed E-state index contributed by atoms with van der Waals surface area (Å²) in [5.74, 6) is 0.448. The zero-order valence-corrected chi connectivity index (χ0v) is 9.14. The predicted octanol–water partition coefficient (Wildman–Crippen LogP) is 1.47. The van der Waals surface area contributed by atoms with Crippen molar-refractivity contribution in [3.63, 3.8) is 0 Å². The van der Waals surface area contributed by atoms with Crippen LogP contribution >= 0.6 is 0 Å². The molecule has 0 N–H and O–H groups in total. The summed E-state index contributed by atoms with van der Waals surface area (Å²) in [6.45, 7) is 1.69. The number of hydroxylamine groups is 2. The number of carbonyl (C=O) groups excluding carboxylic acids is 1. The van der Waals surface area contributed by atoms with E-state index in [1.165, 1.54) is 7.11 Å². The van der Waals surface area contributed by atoms with E-state index in [0.29, 0.717) is 5.75 Å². The third-order valence-electron chi connectivity index (χ3n) is 1.99. The number of hydrogen-bond donors (Lipinski definition) is 0. The number of para-hydroxylation sites is 1. The van der Waals surface area contributed by atoms with Gasteiger partial charge in [-0.15, -0.1) is 0 Å². The molecule has 0 radical (unpaired) electrons. The van der Waals surface area contributed by atoms with Gasteiger partial charge in [-0.25, -0.2) is 5.06 Å². The summed E-state index contributed by atoms with van der Waals surface area (Å²) in [7, 11) is 2.99. The third-order valence-corrected chi connectivity index (χ3v) is 1.99. The Balaban J connectivity index is 2.56. The molecule has 15 heavy (non-hydrogen) atoms. The summed E-state index contributed by atoms with van der Waals surface area (Å²) < 4.78 is 5.43. The molecule has 0 aliphatic rings. The molecule has 1 atom stereocenters. The lowest BCUT2D eigenvalue weighted by molar-refractivity contribution is -0.175. The van der Waals surface area contributed by atoms with E-state index in [1.807, 2.05) is 18.2 Å². The Kier molecular flexibility index (Phi) is 4.12. The normalized spacial score (nSPS) is 11.9. The lowest BCUT2D eigenvalue weighted by atomic mass is 10.3. The maximum Gasteiger partial charge on any atom is 0.286 e. The lowest BCUT2D eigenvalue weighted by Crippen LogP contribution is -2.37. The summed E-state index contributed by atoms with van der Waals surface area (Å²) in [5, 5.41) is 1.15. The smallest absolute Gasteiger partial charge is 0.286 e. The number of amides is 1. The summed E-state index contributed by atoms with van der Waals surface area (Å²) >= 11 is 0. The average Bonchev–Trinajstić information content (AvgIpc) is 2.28. The second kappa shape index (κ2) is 5.36. The molecule has 0 saturated heterocycles. The van der Waals surface area contributed by atoms with Gasteiger partial charge in [-0.3, -0.25) is 9.63 Å². The molecule has 1 aromatic rings. The molecule has 1 amide bonds. The van der Waals surface area contributed by atoms with Crippen molar-refractivity contribution < 1.29 is 14.4 Å². The van der Waals surface area contributed by atoms with Gasteiger partial charge < -0.3 is 4.74 Å². The van der Waals surface area contributed by atoms with E-state index in [0.717, 1.165) is 5.06 Å². The molecule has 1 aromatic carbocycles. The van der Waals surface area contributed by atoms with Crippen LogP contribution in [0.1, 0.15) is 6.92 Å². The van der Waals surface area contributed by atoms with Crippen molar-refractivity contribution in [1.29, 1.82) is 0 Å². The summed E-state index contributed by atoms with van der Waals surface area (Å²) in [5.41, 5.74) is 0. The topological polar surface area (TPSA) is 38.8 Å².